The van der Waals surface area contributed by atoms with Crippen molar-refractivity contribution >= 4 is 31.9 Å². The second-order valence-corrected chi connectivity index (χ2v) is 10.2. The summed E-state index contributed by atoms with van der Waals surface area (Å²) in [7, 11) is 0.388. The molecule has 0 radical (unpaired) electrons. The number of hydrogen-bond acceptors (Lipinski definition) is 4. The van der Waals surface area contributed by atoms with Gasteiger partial charge in [0.2, 0.25) is 10.0 Å². The lowest BCUT2D eigenvalue weighted by molar-refractivity contribution is 0.0928. The fourth-order valence-corrected chi connectivity index (χ4v) is 4.42. The Balaban J connectivity index is 2.12. The Bertz CT molecular complexity index is 744. The second-order valence-electron chi connectivity index (χ2n) is 7.62. The predicted octanol–water partition coefficient (Wildman–Crippen LogP) is 2.21. The summed E-state index contributed by atoms with van der Waals surface area (Å²) in [5, 5.41) is 2.91. The highest BCUT2D eigenvalue weighted by Crippen LogP contribution is 2.25. The molecule has 8 heteroatoms. The van der Waals surface area contributed by atoms with Crippen LogP contribution in [0.4, 0.5) is 0 Å². The van der Waals surface area contributed by atoms with Gasteiger partial charge >= 0.3 is 0 Å². The molecule has 6 nitrogen and oxygen atoms in total. The van der Waals surface area contributed by atoms with Gasteiger partial charge in [-0.25, -0.2) is 13.1 Å². The number of nitrogens with one attached hydrogen (secondary N) is 2. The summed E-state index contributed by atoms with van der Waals surface area (Å²) in [4.78, 5) is 14.7. The molecular formula is C17H26BrN3O3S. The van der Waals surface area contributed by atoms with Gasteiger partial charge in [0.15, 0.2) is 0 Å². The minimum atomic E-state index is -3.59. The fraction of sp³-hybridized carbons (Fsp3) is 0.588. The number of carbonyl (C=O) groups is 1. The molecule has 1 aromatic rings. The van der Waals surface area contributed by atoms with E-state index in [9.17, 15) is 13.2 Å². The van der Waals surface area contributed by atoms with E-state index >= 15 is 0 Å². The van der Waals surface area contributed by atoms with E-state index in [1.165, 1.54) is 12.1 Å². The first-order chi connectivity index (χ1) is 11.5. The zero-order valence-corrected chi connectivity index (χ0v) is 17.5. The van der Waals surface area contributed by atoms with Crippen molar-refractivity contribution in [3.63, 3.8) is 0 Å². The zero-order chi connectivity index (χ0) is 18.8. The van der Waals surface area contributed by atoms with Crippen LogP contribution in [0.25, 0.3) is 0 Å². The smallest absolute Gasteiger partial charge is 0.252 e. The number of hydrogen-bond donors (Lipinski definition) is 2. The first-order valence-corrected chi connectivity index (χ1v) is 10.5. The van der Waals surface area contributed by atoms with Gasteiger partial charge in [0.05, 0.1) is 10.5 Å². The van der Waals surface area contributed by atoms with Crippen LogP contribution in [0.5, 0.6) is 0 Å². The van der Waals surface area contributed by atoms with Gasteiger partial charge < -0.3 is 10.2 Å². The minimum Gasteiger partial charge on any atom is -0.351 e. The van der Waals surface area contributed by atoms with Gasteiger partial charge in [-0.3, -0.25) is 4.79 Å². The van der Waals surface area contributed by atoms with E-state index in [4.69, 9.17) is 0 Å². The lowest BCUT2D eigenvalue weighted by Crippen LogP contribution is -2.40. The molecule has 140 valence electrons. The summed E-state index contributed by atoms with van der Waals surface area (Å²) in [5.74, 6) is -0.290. The maximum Gasteiger partial charge on any atom is 0.252 e. The van der Waals surface area contributed by atoms with Crippen molar-refractivity contribution in [1.82, 2.24) is 14.9 Å². The Kier molecular flexibility index (Phi) is 6.30. The molecule has 0 spiro atoms. The van der Waals surface area contributed by atoms with Crippen molar-refractivity contribution in [1.29, 1.82) is 0 Å². The summed E-state index contributed by atoms with van der Waals surface area (Å²) in [6.07, 6.45) is 1.73. The minimum absolute atomic E-state index is 0.0257. The first-order valence-electron chi connectivity index (χ1n) is 8.25. The number of nitrogens with zero attached hydrogens (tertiary/aromatic N) is 1. The topological polar surface area (TPSA) is 78.5 Å². The number of rotatable bonds is 8. The molecule has 0 atom stereocenters. The Morgan fingerprint density at radius 3 is 2.52 bits per heavy atom. The molecule has 1 saturated carbocycles. The second kappa shape index (κ2) is 7.73. The SMILES string of the molecule is CN(C)CC(C)(C)CNC(=O)c1cc(S(=O)(=O)NC2CC2)ccc1Br. The maximum atomic E-state index is 12.5. The highest BCUT2D eigenvalue weighted by Gasteiger charge is 2.29. The Labute approximate surface area is 158 Å². The highest BCUT2D eigenvalue weighted by atomic mass is 79.9. The summed E-state index contributed by atoms with van der Waals surface area (Å²) in [5.41, 5.74) is 0.224. The van der Waals surface area contributed by atoms with Crippen molar-refractivity contribution in [2.45, 2.75) is 37.6 Å². The quantitative estimate of drug-likeness (QED) is 0.661. The molecule has 0 bridgehead atoms. The molecule has 2 rings (SSSR count). The third-order valence-electron chi connectivity index (χ3n) is 3.86. The molecular weight excluding hydrogens is 406 g/mol. The zero-order valence-electron chi connectivity index (χ0n) is 15.1. The van der Waals surface area contributed by atoms with Gasteiger partial charge in [-0.1, -0.05) is 13.8 Å². The van der Waals surface area contributed by atoms with E-state index in [2.05, 4.69) is 44.7 Å². The van der Waals surface area contributed by atoms with Gasteiger partial charge in [-0.15, -0.1) is 0 Å². The van der Waals surface area contributed by atoms with Crippen molar-refractivity contribution in [2.75, 3.05) is 27.2 Å². The van der Waals surface area contributed by atoms with Crippen LogP contribution in [0, 0.1) is 5.41 Å². The van der Waals surface area contributed by atoms with Crippen molar-refractivity contribution < 1.29 is 13.2 Å². The van der Waals surface area contributed by atoms with E-state index < -0.39 is 10.0 Å². The highest BCUT2D eigenvalue weighted by molar-refractivity contribution is 9.10. The largest absolute Gasteiger partial charge is 0.351 e. The van der Waals surface area contributed by atoms with Crippen LogP contribution >= 0.6 is 15.9 Å². The molecule has 1 aromatic carbocycles. The van der Waals surface area contributed by atoms with E-state index in [-0.39, 0.29) is 22.3 Å². The Morgan fingerprint density at radius 2 is 1.96 bits per heavy atom. The molecule has 1 aliphatic rings. The van der Waals surface area contributed by atoms with Crippen molar-refractivity contribution in [3.8, 4) is 0 Å². The van der Waals surface area contributed by atoms with Crippen LogP contribution in [0.1, 0.15) is 37.0 Å². The molecule has 0 saturated heterocycles. The standard InChI is InChI=1S/C17H26BrN3O3S/c1-17(2,11-21(3)4)10-19-16(22)14-9-13(7-8-15(14)18)25(23,24)20-12-5-6-12/h7-9,12,20H,5-6,10-11H2,1-4H3,(H,19,22). The van der Waals surface area contributed by atoms with E-state index in [1.807, 2.05) is 14.1 Å². The molecule has 1 amide bonds. The molecule has 2 N–H and O–H groups in total. The van der Waals surface area contributed by atoms with Crippen LogP contribution in [0.2, 0.25) is 0 Å². The average molecular weight is 432 g/mol. The lowest BCUT2D eigenvalue weighted by Gasteiger charge is -2.28. The Hall–Kier alpha value is -0.960. The molecule has 25 heavy (non-hydrogen) atoms. The van der Waals surface area contributed by atoms with Gasteiger partial charge in [-0.2, -0.15) is 0 Å². The number of amides is 1. The first kappa shape index (κ1) is 20.4. The summed E-state index contributed by atoms with van der Waals surface area (Å²) in [6, 6.07) is 4.55. The molecule has 0 heterocycles. The van der Waals surface area contributed by atoms with E-state index in [1.54, 1.807) is 6.07 Å². The molecule has 0 aliphatic heterocycles. The van der Waals surface area contributed by atoms with Gasteiger partial charge in [0, 0.05) is 23.6 Å². The Morgan fingerprint density at radius 1 is 1.32 bits per heavy atom. The van der Waals surface area contributed by atoms with Crippen LogP contribution in [-0.2, 0) is 10.0 Å². The third kappa shape index (κ3) is 6.06. The summed E-state index contributed by atoms with van der Waals surface area (Å²) < 4.78 is 27.9. The van der Waals surface area contributed by atoms with Crippen LogP contribution in [0.3, 0.4) is 0 Å². The molecule has 0 aromatic heterocycles. The summed E-state index contributed by atoms with van der Waals surface area (Å²) >= 11 is 3.34. The number of halogens is 1. The molecule has 0 unspecified atom stereocenters. The van der Waals surface area contributed by atoms with Crippen molar-refractivity contribution in [3.05, 3.63) is 28.2 Å². The fourth-order valence-electron chi connectivity index (χ4n) is 2.66. The van der Waals surface area contributed by atoms with Gasteiger partial charge in [0.25, 0.3) is 5.91 Å². The average Bonchev–Trinajstić information content (AvgIpc) is 3.27. The summed E-state index contributed by atoms with van der Waals surface area (Å²) in [6.45, 7) is 5.47. The number of sulfonamides is 1. The molecule has 1 fully saturated rings. The maximum absolute atomic E-state index is 12.5. The van der Waals surface area contributed by atoms with E-state index in [0.29, 0.717) is 16.6 Å². The third-order valence-corrected chi connectivity index (χ3v) is 6.07. The number of benzene rings is 1. The van der Waals surface area contributed by atoms with Gasteiger partial charge in [0.1, 0.15) is 0 Å². The van der Waals surface area contributed by atoms with Crippen molar-refractivity contribution in [2.24, 2.45) is 5.41 Å². The normalized spacial score (nSPS) is 15.4. The monoisotopic (exact) mass is 431 g/mol. The van der Waals surface area contributed by atoms with Crippen LogP contribution in [-0.4, -0.2) is 52.5 Å². The van der Waals surface area contributed by atoms with Crippen LogP contribution in [0.15, 0.2) is 27.6 Å². The van der Waals surface area contributed by atoms with E-state index in [0.717, 1.165) is 19.4 Å². The van der Waals surface area contributed by atoms with Crippen LogP contribution < -0.4 is 10.0 Å². The predicted molar refractivity (Wildman–Crippen MR) is 102 cm³/mol. The number of carbonyl (C=O) groups excluding carboxylic acids is 1. The molecule has 1 aliphatic carbocycles. The lowest BCUT2D eigenvalue weighted by atomic mass is 9.93. The van der Waals surface area contributed by atoms with Gasteiger partial charge in [-0.05, 0) is 66.5 Å².